The summed E-state index contributed by atoms with van der Waals surface area (Å²) in [5.41, 5.74) is 3.12. The first kappa shape index (κ1) is 12.3. The molecule has 2 atom stereocenters. The topological polar surface area (TPSA) is 18.5 Å². The molecule has 0 N–H and O–H groups in total. The number of hydrogen-bond donors (Lipinski definition) is 0. The highest BCUT2D eigenvalue weighted by molar-refractivity contribution is 5.26. The Labute approximate surface area is 103 Å². The van der Waals surface area contributed by atoms with E-state index in [1.807, 2.05) is 6.92 Å². The van der Waals surface area contributed by atoms with Crippen LogP contribution in [-0.4, -0.2) is 6.10 Å². The van der Waals surface area contributed by atoms with E-state index in [0.29, 0.717) is 0 Å². The molecule has 2 heteroatoms. The number of benzene rings is 1. The SMILES string of the molecule is C=C(C)[C@H]1CC[C@](C)(c2ccc(C)cc2)OO1. The van der Waals surface area contributed by atoms with Crippen molar-refractivity contribution >= 4 is 0 Å². The van der Waals surface area contributed by atoms with Gasteiger partial charge in [-0.2, -0.15) is 0 Å². The van der Waals surface area contributed by atoms with E-state index in [-0.39, 0.29) is 11.7 Å². The second-order valence-electron chi connectivity index (χ2n) is 5.15. The summed E-state index contributed by atoms with van der Waals surface area (Å²) in [5.74, 6) is 0. The molecule has 1 aromatic carbocycles. The molecule has 1 fully saturated rings. The van der Waals surface area contributed by atoms with Crippen LogP contribution in [0.4, 0.5) is 0 Å². The van der Waals surface area contributed by atoms with Gasteiger partial charge in [-0.3, -0.25) is 0 Å². The molecule has 0 aliphatic carbocycles. The average molecular weight is 232 g/mol. The maximum atomic E-state index is 5.60. The maximum Gasteiger partial charge on any atom is 0.126 e. The van der Waals surface area contributed by atoms with Crippen molar-refractivity contribution in [2.75, 3.05) is 0 Å². The highest BCUT2D eigenvalue weighted by Crippen LogP contribution is 2.37. The van der Waals surface area contributed by atoms with E-state index < -0.39 is 0 Å². The molecule has 0 saturated carbocycles. The molecule has 1 aliphatic heterocycles. The monoisotopic (exact) mass is 232 g/mol. The molecule has 0 bridgehead atoms. The first-order valence-electron chi connectivity index (χ1n) is 6.08. The second kappa shape index (κ2) is 4.63. The van der Waals surface area contributed by atoms with Crippen LogP contribution in [0, 0.1) is 6.92 Å². The van der Waals surface area contributed by atoms with Crippen molar-refractivity contribution in [1.29, 1.82) is 0 Å². The summed E-state index contributed by atoms with van der Waals surface area (Å²) in [7, 11) is 0. The Kier molecular flexibility index (Phi) is 3.36. The van der Waals surface area contributed by atoms with Gasteiger partial charge in [0, 0.05) is 0 Å². The van der Waals surface area contributed by atoms with Crippen molar-refractivity contribution in [3.8, 4) is 0 Å². The highest BCUT2D eigenvalue weighted by Gasteiger charge is 2.35. The lowest BCUT2D eigenvalue weighted by Crippen LogP contribution is -2.35. The second-order valence-corrected chi connectivity index (χ2v) is 5.15. The standard InChI is InChI=1S/C15H20O2/c1-11(2)14-9-10-15(4,17-16-14)13-7-5-12(3)6-8-13/h5-8,14H,1,9-10H2,2-4H3/t14-,15-/m1/s1. The van der Waals surface area contributed by atoms with Crippen molar-refractivity contribution in [1.82, 2.24) is 0 Å². The summed E-state index contributed by atoms with van der Waals surface area (Å²) in [5, 5.41) is 0. The van der Waals surface area contributed by atoms with Gasteiger partial charge in [0.1, 0.15) is 11.7 Å². The highest BCUT2D eigenvalue weighted by atomic mass is 17.2. The smallest absolute Gasteiger partial charge is 0.126 e. The van der Waals surface area contributed by atoms with Crippen LogP contribution in [0.1, 0.15) is 37.8 Å². The molecule has 92 valence electrons. The van der Waals surface area contributed by atoms with E-state index >= 15 is 0 Å². The van der Waals surface area contributed by atoms with E-state index in [9.17, 15) is 0 Å². The molecule has 2 rings (SSSR count). The lowest BCUT2D eigenvalue weighted by Gasteiger charge is -2.36. The minimum Gasteiger partial charge on any atom is -0.228 e. The lowest BCUT2D eigenvalue weighted by molar-refractivity contribution is -0.403. The van der Waals surface area contributed by atoms with Gasteiger partial charge in [-0.05, 0) is 44.7 Å². The summed E-state index contributed by atoms with van der Waals surface area (Å²) in [4.78, 5) is 11.0. The fourth-order valence-corrected chi connectivity index (χ4v) is 2.09. The number of aryl methyl sites for hydroxylation is 1. The third-order valence-electron chi connectivity index (χ3n) is 3.44. The largest absolute Gasteiger partial charge is 0.228 e. The van der Waals surface area contributed by atoms with Gasteiger partial charge in [0.25, 0.3) is 0 Å². The third-order valence-corrected chi connectivity index (χ3v) is 3.44. The number of hydrogen-bond acceptors (Lipinski definition) is 2. The molecular weight excluding hydrogens is 212 g/mol. The van der Waals surface area contributed by atoms with Crippen molar-refractivity contribution in [3.05, 3.63) is 47.5 Å². The molecule has 0 amide bonds. The van der Waals surface area contributed by atoms with Crippen LogP contribution >= 0.6 is 0 Å². The lowest BCUT2D eigenvalue weighted by atomic mass is 9.88. The Morgan fingerprint density at radius 1 is 1.35 bits per heavy atom. The normalized spacial score (nSPS) is 29.0. The molecule has 1 aliphatic rings. The minimum absolute atomic E-state index is 0.0357. The van der Waals surface area contributed by atoms with E-state index in [0.717, 1.165) is 18.4 Å². The Bertz CT molecular complexity index is 397. The van der Waals surface area contributed by atoms with E-state index in [4.69, 9.17) is 9.78 Å². The van der Waals surface area contributed by atoms with Crippen molar-refractivity contribution in [3.63, 3.8) is 0 Å². The Morgan fingerprint density at radius 3 is 2.47 bits per heavy atom. The van der Waals surface area contributed by atoms with Crippen LogP contribution in [0.15, 0.2) is 36.4 Å². The van der Waals surface area contributed by atoms with Gasteiger partial charge in [-0.1, -0.05) is 36.4 Å². The average Bonchev–Trinajstić information content (AvgIpc) is 2.30. The van der Waals surface area contributed by atoms with Gasteiger partial charge in [0.05, 0.1) is 0 Å². The van der Waals surface area contributed by atoms with Gasteiger partial charge >= 0.3 is 0 Å². The molecule has 1 saturated heterocycles. The Hall–Kier alpha value is -1.12. The summed E-state index contributed by atoms with van der Waals surface area (Å²) < 4.78 is 0. The zero-order chi connectivity index (χ0) is 12.5. The van der Waals surface area contributed by atoms with Crippen LogP contribution in [0.2, 0.25) is 0 Å². The van der Waals surface area contributed by atoms with Gasteiger partial charge in [-0.25, -0.2) is 9.78 Å². The van der Waals surface area contributed by atoms with Crippen molar-refractivity contribution in [2.24, 2.45) is 0 Å². The zero-order valence-corrected chi connectivity index (χ0v) is 10.8. The minimum atomic E-state index is -0.334. The maximum absolute atomic E-state index is 5.60. The van der Waals surface area contributed by atoms with Crippen LogP contribution in [0.25, 0.3) is 0 Å². The van der Waals surface area contributed by atoms with E-state index in [2.05, 4.69) is 44.7 Å². The summed E-state index contributed by atoms with van der Waals surface area (Å²) >= 11 is 0. The fourth-order valence-electron chi connectivity index (χ4n) is 2.09. The molecule has 0 aromatic heterocycles. The molecule has 2 nitrogen and oxygen atoms in total. The van der Waals surface area contributed by atoms with Crippen LogP contribution in [0.5, 0.6) is 0 Å². The molecular formula is C15H20O2. The Balaban J connectivity index is 2.11. The van der Waals surface area contributed by atoms with Crippen molar-refractivity contribution < 1.29 is 9.78 Å². The molecule has 17 heavy (non-hydrogen) atoms. The van der Waals surface area contributed by atoms with Gasteiger partial charge in [0.2, 0.25) is 0 Å². The first-order chi connectivity index (χ1) is 8.01. The summed E-state index contributed by atoms with van der Waals surface area (Å²) in [6.45, 7) is 10.0. The first-order valence-corrected chi connectivity index (χ1v) is 6.08. The predicted octanol–water partition coefficient (Wildman–Crippen LogP) is 3.90. The fraction of sp³-hybridized carbons (Fsp3) is 0.467. The van der Waals surface area contributed by atoms with Crippen LogP contribution in [-0.2, 0) is 15.4 Å². The molecule has 1 aromatic rings. The molecule has 1 heterocycles. The van der Waals surface area contributed by atoms with Crippen LogP contribution < -0.4 is 0 Å². The molecule has 0 radical (unpaired) electrons. The summed E-state index contributed by atoms with van der Waals surface area (Å²) in [6.07, 6.45) is 1.95. The van der Waals surface area contributed by atoms with E-state index in [1.165, 1.54) is 11.1 Å². The third kappa shape index (κ3) is 2.59. The van der Waals surface area contributed by atoms with Crippen LogP contribution in [0.3, 0.4) is 0 Å². The van der Waals surface area contributed by atoms with Crippen molar-refractivity contribution in [2.45, 2.75) is 45.3 Å². The molecule has 0 unspecified atom stereocenters. The van der Waals surface area contributed by atoms with Gasteiger partial charge in [-0.15, -0.1) is 0 Å². The summed E-state index contributed by atoms with van der Waals surface area (Å²) in [6, 6.07) is 8.43. The quantitative estimate of drug-likeness (QED) is 0.569. The van der Waals surface area contributed by atoms with Gasteiger partial charge in [0.15, 0.2) is 0 Å². The van der Waals surface area contributed by atoms with E-state index in [1.54, 1.807) is 0 Å². The number of rotatable bonds is 2. The zero-order valence-electron chi connectivity index (χ0n) is 10.8. The van der Waals surface area contributed by atoms with Gasteiger partial charge < -0.3 is 0 Å². The Morgan fingerprint density at radius 2 is 2.00 bits per heavy atom. The predicted molar refractivity (Wildman–Crippen MR) is 68.5 cm³/mol. The molecule has 0 spiro atoms.